The molecule has 0 unspecified atom stereocenters. The molecule has 0 aliphatic carbocycles. The molecule has 1 aliphatic rings. The zero-order valence-corrected chi connectivity index (χ0v) is 22.7. The molecule has 3 aromatic rings. The summed E-state index contributed by atoms with van der Waals surface area (Å²) in [6, 6.07) is 12.1. The Kier molecular flexibility index (Phi) is 8.48. The summed E-state index contributed by atoms with van der Waals surface area (Å²) in [5.41, 5.74) is 2.07. The first-order chi connectivity index (χ1) is 18.4. The number of hydrogen-bond donors (Lipinski definition) is 0. The molecule has 0 amide bonds. The highest BCUT2D eigenvalue weighted by molar-refractivity contribution is 7.07. The predicted molar refractivity (Wildman–Crippen MR) is 147 cm³/mol. The van der Waals surface area contributed by atoms with Gasteiger partial charge in [0.05, 0.1) is 42.2 Å². The molecule has 1 atom stereocenters. The molecule has 2 heterocycles. The molecule has 0 bridgehead atoms. The fraction of sp³-hybridized carbons (Fsp3) is 0.276. The van der Waals surface area contributed by atoms with Gasteiger partial charge >= 0.3 is 5.97 Å². The quantitative estimate of drug-likeness (QED) is 0.291. The topological polar surface area (TPSA) is 88.3 Å². The van der Waals surface area contributed by atoms with Crippen LogP contribution in [-0.4, -0.2) is 37.5 Å². The normalized spacial score (nSPS) is 14.9. The third kappa shape index (κ3) is 5.43. The summed E-state index contributed by atoms with van der Waals surface area (Å²) in [7, 11) is 1.56. The van der Waals surface area contributed by atoms with Gasteiger partial charge in [-0.1, -0.05) is 42.2 Å². The number of ether oxygens (including phenoxy) is 4. The lowest BCUT2D eigenvalue weighted by molar-refractivity contribution is -0.139. The number of aromatic nitrogens is 1. The van der Waals surface area contributed by atoms with Crippen molar-refractivity contribution in [1.29, 1.82) is 0 Å². The van der Waals surface area contributed by atoms with Crippen LogP contribution >= 0.6 is 11.3 Å². The van der Waals surface area contributed by atoms with Crippen molar-refractivity contribution >= 4 is 23.4 Å². The Bertz CT molecular complexity index is 1550. The summed E-state index contributed by atoms with van der Waals surface area (Å²) < 4.78 is 24.2. The van der Waals surface area contributed by atoms with Crippen molar-refractivity contribution in [2.45, 2.75) is 26.8 Å². The highest BCUT2D eigenvalue weighted by Crippen LogP contribution is 2.36. The van der Waals surface area contributed by atoms with Crippen molar-refractivity contribution in [3.8, 4) is 17.2 Å². The van der Waals surface area contributed by atoms with E-state index in [0.29, 0.717) is 56.6 Å². The summed E-state index contributed by atoms with van der Waals surface area (Å²) in [5, 5.41) is 0. The Balaban J connectivity index is 1.87. The van der Waals surface area contributed by atoms with Crippen molar-refractivity contribution in [2.24, 2.45) is 4.99 Å². The van der Waals surface area contributed by atoms with Crippen LogP contribution in [0.4, 0.5) is 0 Å². The number of allylic oxidation sites excluding steroid dienone is 1. The van der Waals surface area contributed by atoms with Crippen LogP contribution in [0.25, 0.3) is 6.08 Å². The van der Waals surface area contributed by atoms with E-state index in [2.05, 4.69) is 11.6 Å². The van der Waals surface area contributed by atoms with Crippen LogP contribution in [0, 0.1) is 0 Å². The van der Waals surface area contributed by atoms with Crippen LogP contribution in [-0.2, 0) is 9.53 Å². The molecule has 8 nitrogen and oxygen atoms in total. The van der Waals surface area contributed by atoms with Gasteiger partial charge in [0.2, 0.25) is 0 Å². The van der Waals surface area contributed by atoms with Crippen molar-refractivity contribution in [3.05, 3.63) is 97.2 Å². The standard InChI is InChI=1S/C29H30N2O6S/c1-6-15-37-21-12-9-19(10-13-21)16-24-27(32)31-26(20-11-14-22(34-5)23(17-20)35-7-2)25(28(33)36-8-3)18(4)30-29(31)38-24/h6,9-14,16-17,26H,1,7-8,15H2,2-5H3/b24-16+/t26-/m1/s1. The smallest absolute Gasteiger partial charge is 0.338 e. The lowest BCUT2D eigenvalue weighted by atomic mass is 9.95. The van der Waals surface area contributed by atoms with Gasteiger partial charge in [0, 0.05) is 0 Å². The average molecular weight is 535 g/mol. The van der Waals surface area contributed by atoms with E-state index >= 15 is 0 Å². The number of thiazole rings is 1. The average Bonchev–Trinajstić information content (AvgIpc) is 3.21. The van der Waals surface area contributed by atoms with E-state index in [9.17, 15) is 9.59 Å². The molecule has 0 spiro atoms. The summed E-state index contributed by atoms with van der Waals surface area (Å²) in [4.78, 5) is 32.0. The van der Waals surface area contributed by atoms with Crippen molar-refractivity contribution in [2.75, 3.05) is 26.9 Å². The Morgan fingerprint density at radius 2 is 1.87 bits per heavy atom. The number of benzene rings is 2. The van der Waals surface area contributed by atoms with Gasteiger partial charge in [-0.25, -0.2) is 9.79 Å². The van der Waals surface area contributed by atoms with Crippen LogP contribution in [0.2, 0.25) is 0 Å². The van der Waals surface area contributed by atoms with Crippen LogP contribution < -0.4 is 29.1 Å². The van der Waals surface area contributed by atoms with E-state index in [-0.39, 0.29) is 12.2 Å². The molecular formula is C29H30N2O6S. The third-order valence-corrected chi connectivity index (χ3v) is 6.85. The van der Waals surface area contributed by atoms with Gasteiger partial charge in [0.1, 0.15) is 12.4 Å². The number of methoxy groups -OCH3 is 1. The maximum atomic E-state index is 13.8. The van der Waals surface area contributed by atoms with E-state index in [0.717, 1.165) is 5.56 Å². The first-order valence-corrected chi connectivity index (χ1v) is 13.1. The van der Waals surface area contributed by atoms with E-state index in [4.69, 9.17) is 18.9 Å². The minimum absolute atomic E-state index is 0.200. The highest BCUT2D eigenvalue weighted by atomic mass is 32.1. The number of esters is 1. The monoisotopic (exact) mass is 534 g/mol. The van der Waals surface area contributed by atoms with E-state index in [1.54, 1.807) is 49.8 Å². The summed E-state index contributed by atoms with van der Waals surface area (Å²) in [6.07, 6.45) is 3.49. The van der Waals surface area contributed by atoms with Gasteiger partial charge in [0.25, 0.3) is 5.56 Å². The van der Waals surface area contributed by atoms with Gasteiger partial charge in [-0.05, 0) is 62.2 Å². The van der Waals surface area contributed by atoms with Crippen molar-refractivity contribution < 1.29 is 23.7 Å². The molecule has 1 aromatic heterocycles. The van der Waals surface area contributed by atoms with Gasteiger partial charge in [-0.15, -0.1) is 0 Å². The first-order valence-electron chi connectivity index (χ1n) is 12.3. The van der Waals surface area contributed by atoms with E-state index in [1.807, 2.05) is 37.3 Å². The van der Waals surface area contributed by atoms with Crippen LogP contribution in [0.1, 0.15) is 37.9 Å². The molecule has 198 valence electrons. The number of rotatable bonds is 10. The lowest BCUT2D eigenvalue weighted by Gasteiger charge is -2.25. The molecule has 2 aromatic carbocycles. The maximum Gasteiger partial charge on any atom is 0.338 e. The van der Waals surface area contributed by atoms with Gasteiger partial charge in [-0.3, -0.25) is 9.36 Å². The fourth-order valence-electron chi connectivity index (χ4n) is 4.21. The number of nitrogens with zero attached hydrogens (tertiary/aromatic N) is 2. The minimum atomic E-state index is -0.743. The second-order valence-corrected chi connectivity index (χ2v) is 9.32. The summed E-state index contributed by atoms with van der Waals surface area (Å²) in [6.45, 7) is 10.1. The molecule has 0 N–H and O–H groups in total. The number of carbonyl (C=O) groups is 1. The van der Waals surface area contributed by atoms with Crippen molar-refractivity contribution in [3.63, 3.8) is 0 Å². The van der Waals surface area contributed by atoms with Gasteiger partial charge in [-0.2, -0.15) is 0 Å². The summed E-state index contributed by atoms with van der Waals surface area (Å²) >= 11 is 1.27. The molecule has 38 heavy (non-hydrogen) atoms. The number of fused-ring (bicyclic) bond motifs is 1. The van der Waals surface area contributed by atoms with Gasteiger partial charge < -0.3 is 18.9 Å². The Labute approximate surface area is 224 Å². The third-order valence-electron chi connectivity index (χ3n) is 5.87. The Hall–Kier alpha value is -4.11. The minimum Gasteiger partial charge on any atom is -0.493 e. The molecule has 0 fully saturated rings. The van der Waals surface area contributed by atoms with Crippen molar-refractivity contribution in [1.82, 2.24) is 4.57 Å². The molecule has 1 aliphatic heterocycles. The predicted octanol–water partition coefficient (Wildman–Crippen LogP) is 3.77. The molecule has 0 saturated carbocycles. The van der Waals surface area contributed by atoms with Gasteiger partial charge in [0.15, 0.2) is 16.3 Å². The Morgan fingerprint density at radius 3 is 2.53 bits per heavy atom. The highest BCUT2D eigenvalue weighted by Gasteiger charge is 2.34. The zero-order valence-electron chi connectivity index (χ0n) is 21.9. The Morgan fingerprint density at radius 1 is 1.11 bits per heavy atom. The van der Waals surface area contributed by atoms with E-state index < -0.39 is 12.0 Å². The molecule has 9 heteroatoms. The molecule has 0 saturated heterocycles. The van der Waals surface area contributed by atoms with Crippen LogP contribution in [0.5, 0.6) is 17.2 Å². The second kappa shape index (κ2) is 12.0. The summed E-state index contributed by atoms with van der Waals surface area (Å²) in [5.74, 6) is 1.27. The molecular weight excluding hydrogens is 504 g/mol. The molecule has 0 radical (unpaired) electrons. The SMILES string of the molecule is C=CCOc1ccc(/C=c2/sc3n(c2=O)[C@H](c2ccc(OC)c(OCC)c2)C(C(=O)OCC)=C(C)N=3)cc1. The zero-order chi connectivity index (χ0) is 27.2. The molecule has 4 rings (SSSR count). The second-order valence-electron chi connectivity index (χ2n) is 8.31. The number of carbonyl (C=O) groups excluding carboxylic acids is 1. The fourth-order valence-corrected chi connectivity index (χ4v) is 5.25. The largest absolute Gasteiger partial charge is 0.493 e. The first kappa shape index (κ1) is 26.9. The number of hydrogen-bond acceptors (Lipinski definition) is 8. The lowest BCUT2D eigenvalue weighted by Crippen LogP contribution is -2.40. The maximum absolute atomic E-state index is 13.8. The van der Waals surface area contributed by atoms with E-state index in [1.165, 1.54) is 11.3 Å². The van der Waals surface area contributed by atoms with Crippen LogP contribution in [0.3, 0.4) is 0 Å². The van der Waals surface area contributed by atoms with Crippen LogP contribution in [0.15, 0.2) is 76.2 Å².